The van der Waals surface area contributed by atoms with Crippen molar-refractivity contribution in [1.82, 2.24) is 15.5 Å². The first-order valence-corrected chi connectivity index (χ1v) is 12.3. The van der Waals surface area contributed by atoms with Crippen LogP contribution in [0.15, 0.2) is 54.6 Å². The molecule has 3 amide bonds. The Morgan fingerprint density at radius 1 is 0.895 bits per heavy atom. The molecule has 0 unspecified atom stereocenters. The van der Waals surface area contributed by atoms with Crippen LogP contribution in [0.3, 0.4) is 0 Å². The molecule has 8 N–H and O–H groups in total. The Morgan fingerprint density at radius 3 is 2.11 bits per heavy atom. The molecule has 0 spiro atoms. The zero-order valence-corrected chi connectivity index (χ0v) is 21.2. The van der Waals surface area contributed by atoms with E-state index in [-0.39, 0.29) is 44.1 Å². The molecule has 2 rings (SSSR count). The number of amides is 3. The lowest BCUT2D eigenvalue weighted by atomic mass is 10.0. The minimum atomic E-state index is -2.93. The van der Waals surface area contributed by atoms with Crippen LogP contribution in [0.2, 0.25) is 0 Å². The molecule has 38 heavy (non-hydrogen) atoms. The van der Waals surface area contributed by atoms with Crippen molar-refractivity contribution in [1.29, 1.82) is 0 Å². The van der Waals surface area contributed by atoms with Crippen LogP contribution in [0.25, 0.3) is 0 Å². The van der Waals surface area contributed by atoms with E-state index in [4.69, 9.17) is 17.2 Å². The number of nitrogens with one attached hydrogen (secondary N) is 2. The molecule has 0 bridgehead atoms. The zero-order chi connectivity index (χ0) is 27.9. The molecule has 10 nitrogen and oxygen atoms in total. The van der Waals surface area contributed by atoms with E-state index in [2.05, 4.69) is 15.4 Å². The van der Waals surface area contributed by atoms with Gasteiger partial charge >= 0.3 is 6.61 Å². The van der Waals surface area contributed by atoms with Gasteiger partial charge in [-0.05, 0) is 36.1 Å². The highest BCUT2D eigenvalue weighted by atomic mass is 19.3. The summed E-state index contributed by atoms with van der Waals surface area (Å²) in [7, 11) is 0. The van der Waals surface area contributed by atoms with Crippen molar-refractivity contribution in [3.8, 4) is 5.75 Å². The molecule has 0 saturated heterocycles. The molecule has 0 aromatic heterocycles. The fraction of sp³-hybridized carbons (Fsp3) is 0.423. The maximum atomic E-state index is 13.0. The molecule has 0 radical (unpaired) electrons. The fourth-order valence-electron chi connectivity index (χ4n) is 3.69. The fourth-order valence-corrected chi connectivity index (χ4v) is 3.69. The maximum absolute atomic E-state index is 13.0. The van der Waals surface area contributed by atoms with Gasteiger partial charge in [0.1, 0.15) is 11.8 Å². The highest BCUT2D eigenvalue weighted by molar-refractivity contribution is 5.92. The second-order valence-electron chi connectivity index (χ2n) is 8.59. The lowest BCUT2D eigenvalue weighted by molar-refractivity contribution is -0.135. The van der Waals surface area contributed by atoms with Crippen LogP contribution in [0.1, 0.15) is 24.0 Å². The van der Waals surface area contributed by atoms with Gasteiger partial charge in [-0.25, -0.2) is 0 Å². The number of hydrogen-bond donors (Lipinski definition) is 5. The van der Waals surface area contributed by atoms with Crippen LogP contribution in [0.5, 0.6) is 5.75 Å². The summed E-state index contributed by atoms with van der Waals surface area (Å²) < 4.78 is 29.0. The van der Waals surface area contributed by atoms with Crippen molar-refractivity contribution in [3.63, 3.8) is 0 Å². The smallest absolute Gasteiger partial charge is 0.387 e. The molecule has 0 aliphatic carbocycles. The molecule has 2 aromatic rings. The number of ether oxygens (including phenoxy) is 1. The average molecular weight is 535 g/mol. The molecule has 0 fully saturated rings. The molecule has 208 valence electrons. The van der Waals surface area contributed by atoms with Crippen molar-refractivity contribution >= 4 is 17.7 Å². The summed E-state index contributed by atoms with van der Waals surface area (Å²) >= 11 is 0. The van der Waals surface area contributed by atoms with Crippen LogP contribution >= 0.6 is 0 Å². The highest BCUT2D eigenvalue weighted by Gasteiger charge is 2.26. The van der Waals surface area contributed by atoms with Gasteiger partial charge in [-0.2, -0.15) is 8.78 Å². The van der Waals surface area contributed by atoms with E-state index in [1.165, 1.54) is 17.0 Å². The first-order valence-electron chi connectivity index (χ1n) is 12.3. The largest absolute Gasteiger partial charge is 0.435 e. The van der Waals surface area contributed by atoms with Gasteiger partial charge in [-0.15, -0.1) is 0 Å². The lowest BCUT2D eigenvalue weighted by Crippen LogP contribution is -2.53. The third-order valence-electron chi connectivity index (χ3n) is 5.69. The average Bonchev–Trinajstić information content (AvgIpc) is 2.90. The molecule has 2 atom stereocenters. The van der Waals surface area contributed by atoms with Gasteiger partial charge in [-0.1, -0.05) is 42.5 Å². The number of aryl methyl sites for hydroxylation is 1. The number of carbonyl (C=O) groups is 3. The Hall–Kier alpha value is -3.61. The lowest BCUT2D eigenvalue weighted by Gasteiger charge is -2.24. The Kier molecular flexibility index (Phi) is 13.1. The molecule has 0 aliphatic rings. The summed E-state index contributed by atoms with van der Waals surface area (Å²) in [6, 6.07) is 13.2. The van der Waals surface area contributed by atoms with E-state index in [0.29, 0.717) is 25.1 Å². The minimum Gasteiger partial charge on any atom is -0.435 e. The van der Waals surface area contributed by atoms with Crippen molar-refractivity contribution in [3.05, 3.63) is 65.7 Å². The Labute approximate surface area is 220 Å². The Morgan fingerprint density at radius 2 is 1.53 bits per heavy atom. The summed E-state index contributed by atoms with van der Waals surface area (Å²) in [5, 5.41) is 5.41. The van der Waals surface area contributed by atoms with Crippen molar-refractivity contribution in [2.24, 2.45) is 17.2 Å². The van der Waals surface area contributed by atoms with E-state index < -0.39 is 30.5 Å². The number of carbonyl (C=O) groups excluding carboxylic acids is 3. The second kappa shape index (κ2) is 16.3. The SMILES string of the molecule is NCCN(CCN)C(=O)C[C@H](N)C(=O)N[C@@H](CCc1ccccc1)C(=O)NCc1ccc(OC(F)F)cc1. The van der Waals surface area contributed by atoms with Gasteiger partial charge in [0.2, 0.25) is 17.7 Å². The van der Waals surface area contributed by atoms with Crippen LogP contribution in [0.4, 0.5) is 8.78 Å². The van der Waals surface area contributed by atoms with Gasteiger partial charge in [0.25, 0.3) is 0 Å². The van der Waals surface area contributed by atoms with E-state index in [0.717, 1.165) is 5.56 Å². The van der Waals surface area contributed by atoms with E-state index in [1.54, 1.807) is 12.1 Å². The topological polar surface area (TPSA) is 166 Å². The van der Waals surface area contributed by atoms with Crippen molar-refractivity contribution in [2.45, 2.75) is 44.5 Å². The minimum absolute atomic E-state index is 0.00287. The van der Waals surface area contributed by atoms with E-state index in [9.17, 15) is 23.2 Å². The normalized spacial score (nSPS) is 12.5. The van der Waals surface area contributed by atoms with Gasteiger partial charge in [-0.3, -0.25) is 14.4 Å². The van der Waals surface area contributed by atoms with Crippen molar-refractivity contribution in [2.75, 3.05) is 26.2 Å². The number of hydrogen-bond acceptors (Lipinski definition) is 7. The number of rotatable bonds is 16. The summed E-state index contributed by atoms with van der Waals surface area (Å²) in [5.74, 6) is -1.44. The molecule has 0 heterocycles. The number of benzene rings is 2. The summed E-state index contributed by atoms with van der Waals surface area (Å²) in [6.07, 6.45) is 0.537. The first kappa shape index (κ1) is 30.6. The molecule has 0 aliphatic heterocycles. The van der Waals surface area contributed by atoms with E-state index >= 15 is 0 Å². The molecule has 12 heteroatoms. The number of nitrogens with two attached hydrogens (primary N) is 3. The van der Waals surface area contributed by atoms with Gasteiger partial charge < -0.3 is 37.5 Å². The first-order chi connectivity index (χ1) is 18.2. The maximum Gasteiger partial charge on any atom is 0.387 e. The van der Waals surface area contributed by atoms with Crippen LogP contribution in [0, 0.1) is 0 Å². The summed E-state index contributed by atoms with van der Waals surface area (Å²) in [4.78, 5) is 39.8. The van der Waals surface area contributed by atoms with Crippen LogP contribution < -0.4 is 32.6 Å². The molecule has 2 aromatic carbocycles. The molecule has 0 saturated carbocycles. The molecular weight excluding hydrogens is 498 g/mol. The number of nitrogens with zero attached hydrogens (tertiary/aromatic N) is 1. The van der Waals surface area contributed by atoms with Gasteiger partial charge in [0, 0.05) is 32.7 Å². The van der Waals surface area contributed by atoms with Crippen LogP contribution in [-0.2, 0) is 27.3 Å². The third-order valence-corrected chi connectivity index (χ3v) is 5.69. The predicted molar refractivity (Wildman–Crippen MR) is 139 cm³/mol. The number of halogens is 2. The highest BCUT2D eigenvalue weighted by Crippen LogP contribution is 2.15. The standard InChI is InChI=1S/C26H36F2N6O4/c27-26(28)38-20-9-6-19(7-10-20)17-32-25(37)22(11-8-18-4-2-1-3-5-18)33-24(36)21(31)16-23(35)34(14-12-29)15-13-30/h1-7,9-10,21-22,26H,8,11-17,29-31H2,(H,32,37)(H,33,36)/t21-,22-/m0/s1. The zero-order valence-electron chi connectivity index (χ0n) is 21.2. The molecular formula is C26H36F2N6O4. The monoisotopic (exact) mass is 534 g/mol. The van der Waals surface area contributed by atoms with Crippen LogP contribution in [-0.4, -0.2) is 67.5 Å². The van der Waals surface area contributed by atoms with Gasteiger partial charge in [0.05, 0.1) is 12.5 Å². The summed E-state index contributed by atoms with van der Waals surface area (Å²) in [5.41, 5.74) is 18.7. The Balaban J connectivity index is 2.02. The Bertz CT molecular complexity index is 1000. The predicted octanol–water partition coefficient (Wildman–Crippen LogP) is 0.485. The third kappa shape index (κ3) is 10.8. The second-order valence-corrected chi connectivity index (χ2v) is 8.59. The van der Waals surface area contributed by atoms with E-state index in [1.807, 2.05) is 30.3 Å². The summed E-state index contributed by atoms with van der Waals surface area (Å²) in [6.45, 7) is -1.75. The van der Waals surface area contributed by atoms with Crippen molar-refractivity contribution < 1.29 is 27.9 Å². The number of alkyl halides is 2. The van der Waals surface area contributed by atoms with Gasteiger partial charge in [0.15, 0.2) is 0 Å². The quantitative estimate of drug-likeness (QED) is 0.209.